The number of hydrogen-bond donors (Lipinski definition) is 2. The molecule has 22 heavy (non-hydrogen) atoms. The third-order valence-electron chi connectivity index (χ3n) is 4.00. The molecule has 2 N–H and O–H groups in total. The lowest BCUT2D eigenvalue weighted by Gasteiger charge is -2.21. The zero-order valence-corrected chi connectivity index (χ0v) is 13.8. The van der Waals surface area contributed by atoms with Crippen molar-refractivity contribution in [3.05, 3.63) is 29.3 Å². The van der Waals surface area contributed by atoms with Gasteiger partial charge in [-0.2, -0.15) is 0 Å². The minimum Gasteiger partial charge on any atom is -0.480 e. The molecule has 1 heterocycles. The summed E-state index contributed by atoms with van der Waals surface area (Å²) in [6.45, 7) is 4.81. The lowest BCUT2D eigenvalue weighted by atomic mass is 10.1. The van der Waals surface area contributed by atoms with Crippen molar-refractivity contribution in [3.63, 3.8) is 0 Å². The molecular formula is C16H23ClN2O3. The quantitative estimate of drug-likeness (QED) is 0.872. The van der Waals surface area contributed by atoms with E-state index >= 15 is 0 Å². The number of carboxylic acid groups (broad SMARTS) is 1. The summed E-state index contributed by atoms with van der Waals surface area (Å²) in [5.41, 5.74) is 2.98. The van der Waals surface area contributed by atoms with Gasteiger partial charge in [0.25, 0.3) is 0 Å². The Morgan fingerprint density at radius 2 is 2.14 bits per heavy atom. The number of halogens is 1. The van der Waals surface area contributed by atoms with Crippen molar-refractivity contribution in [2.45, 2.75) is 39.2 Å². The smallest absolute Gasteiger partial charge is 0.320 e. The van der Waals surface area contributed by atoms with E-state index in [2.05, 4.69) is 5.32 Å². The van der Waals surface area contributed by atoms with Gasteiger partial charge in [-0.1, -0.05) is 25.1 Å². The molecule has 0 radical (unpaired) electrons. The molecule has 2 rings (SSSR count). The van der Waals surface area contributed by atoms with Gasteiger partial charge in [-0.3, -0.25) is 14.5 Å². The molecule has 122 valence electrons. The molecule has 1 atom stereocenters. The van der Waals surface area contributed by atoms with Gasteiger partial charge in [-0.15, -0.1) is 12.4 Å². The van der Waals surface area contributed by atoms with E-state index in [9.17, 15) is 9.59 Å². The van der Waals surface area contributed by atoms with Gasteiger partial charge in [0, 0.05) is 5.69 Å². The minimum atomic E-state index is -0.842. The molecule has 1 aromatic carbocycles. The lowest BCUT2D eigenvalue weighted by molar-refractivity contribution is -0.142. The summed E-state index contributed by atoms with van der Waals surface area (Å²) in [7, 11) is 0. The first kappa shape index (κ1) is 18.5. The van der Waals surface area contributed by atoms with E-state index in [0.29, 0.717) is 13.0 Å². The van der Waals surface area contributed by atoms with Crippen LogP contribution in [0.1, 0.15) is 30.9 Å². The van der Waals surface area contributed by atoms with Gasteiger partial charge in [0.05, 0.1) is 6.54 Å². The van der Waals surface area contributed by atoms with Crippen LogP contribution in [0.15, 0.2) is 18.2 Å². The highest BCUT2D eigenvalue weighted by atomic mass is 35.5. The van der Waals surface area contributed by atoms with Crippen LogP contribution in [0, 0.1) is 6.92 Å². The van der Waals surface area contributed by atoms with Gasteiger partial charge >= 0.3 is 5.97 Å². The summed E-state index contributed by atoms with van der Waals surface area (Å²) in [4.78, 5) is 25.1. The van der Waals surface area contributed by atoms with Crippen LogP contribution >= 0.6 is 12.4 Å². The lowest BCUT2D eigenvalue weighted by Crippen LogP contribution is -2.41. The molecule has 0 aliphatic carbocycles. The first-order valence-corrected chi connectivity index (χ1v) is 7.38. The molecule has 1 fully saturated rings. The van der Waals surface area contributed by atoms with Crippen LogP contribution in [0.5, 0.6) is 0 Å². The Hall–Kier alpha value is -1.59. The van der Waals surface area contributed by atoms with Crippen LogP contribution in [0.4, 0.5) is 5.69 Å². The summed E-state index contributed by atoms with van der Waals surface area (Å²) in [5.74, 6) is -0.988. The SMILES string of the molecule is CCc1cccc(C)c1NC(=O)CN1CCC[C@H]1C(=O)O.Cl. The fourth-order valence-electron chi connectivity index (χ4n) is 2.86. The number of carbonyl (C=O) groups excluding carboxylic acids is 1. The Kier molecular flexibility index (Phi) is 6.84. The fraction of sp³-hybridized carbons (Fsp3) is 0.500. The van der Waals surface area contributed by atoms with Crippen molar-refractivity contribution in [3.8, 4) is 0 Å². The van der Waals surface area contributed by atoms with E-state index in [4.69, 9.17) is 5.11 Å². The number of aryl methyl sites for hydroxylation is 2. The molecule has 6 heteroatoms. The van der Waals surface area contributed by atoms with Gasteiger partial charge in [0.1, 0.15) is 6.04 Å². The van der Waals surface area contributed by atoms with Crippen LogP contribution in [-0.4, -0.2) is 41.0 Å². The molecule has 0 spiro atoms. The van der Waals surface area contributed by atoms with E-state index in [0.717, 1.165) is 29.7 Å². The number of benzene rings is 1. The second kappa shape index (κ2) is 8.15. The van der Waals surface area contributed by atoms with E-state index in [1.165, 1.54) is 0 Å². The van der Waals surface area contributed by atoms with E-state index in [-0.39, 0.29) is 24.9 Å². The number of nitrogens with zero attached hydrogens (tertiary/aromatic N) is 1. The second-order valence-corrected chi connectivity index (χ2v) is 5.48. The highest BCUT2D eigenvalue weighted by molar-refractivity contribution is 5.94. The molecular weight excluding hydrogens is 304 g/mol. The van der Waals surface area contributed by atoms with Gasteiger partial charge in [-0.05, 0) is 43.9 Å². The van der Waals surface area contributed by atoms with Gasteiger partial charge in [-0.25, -0.2) is 0 Å². The molecule has 1 aromatic rings. The van der Waals surface area contributed by atoms with Crippen LogP contribution in [0.25, 0.3) is 0 Å². The number of hydrogen-bond acceptors (Lipinski definition) is 3. The molecule has 5 nitrogen and oxygen atoms in total. The first-order chi connectivity index (χ1) is 10.0. The topological polar surface area (TPSA) is 69.6 Å². The summed E-state index contributed by atoms with van der Waals surface area (Å²) >= 11 is 0. The van der Waals surface area contributed by atoms with Crippen LogP contribution in [0.3, 0.4) is 0 Å². The number of likely N-dealkylation sites (tertiary alicyclic amines) is 1. The maximum Gasteiger partial charge on any atom is 0.320 e. The third-order valence-corrected chi connectivity index (χ3v) is 4.00. The number of carboxylic acids is 1. The van der Waals surface area contributed by atoms with Crippen molar-refractivity contribution in [2.75, 3.05) is 18.4 Å². The Balaban J connectivity index is 0.00000242. The average Bonchev–Trinajstić information content (AvgIpc) is 2.89. The van der Waals surface area contributed by atoms with Crippen LogP contribution < -0.4 is 5.32 Å². The Labute approximate surface area is 137 Å². The number of nitrogens with one attached hydrogen (secondary N) is 1. The molecule has 1 aliphatic rings. The zero-order valence-electron chi connectivity index (χ0n) is 13.0. The van der Waals surface area contributed by atoms with Crippen LogP contribution in [0.2, 0.25) is 0 Å². The number of carbonyl (C=O) groups is 2. The Morgan fingerprint density at radius 3 is 2.77 bits per heavy atom. The third kappa shape index (κ3) is 4.21. The van der Waals surface area contributed by atoms with Crippen molar-refractivity contribution in [1.29, 1.82) is 0 Å². The first-order valence-electron chi connectivity index (χ1n) is 7.38. The number of para-hydroxylation sites is 1. The van der Waals surface area contributed by atoms with E-state index in [1.807, 2.05) is 32.0 Å². The van der Waals surface area contributed by atoms with Crippen molar-refractivity contribution < 1.29 is 14.7 Å². The van der Waals surface area contributed by atoms with Gasteiger partial charge < -0.3 is 10.4 Å². The van der Waals surface area contributed by atoms with Crippen molar-refractivity contribution in [1.82, 2.24) is 4.90 Å². The Morgan fingerprint density at radius 1 is 1.41 bits per heavy atom. The largest absolute Gasteiger partial charge is 0.480 e. The zero-order chi connectivity index (χ0) is 15.4. The Bertz CT molecular complexity index is 548. The number of rotatable bonds is 5. The summed E-state index contributed by atoms with van der Waals surface area (Å²) < 4.78 is 0. The monoisotopic (exact) mass is 326 g/mol. The number of amides is 1. The molecule has 1 saturated heterocycles. The predicted molar refractivity (Wildman–Crippen MR) is 88.7 cm³/mol. The molecule has 0 aromatic heterocycles. The van der Waals surface area contributed by atoms with Crippen molar-refractivity contribution in [2.24, 2.45) is 0 Å². The minimum absolute atomic E-state index is 0. The van der Waals surface area contributed by atoms with E-state index < -0.39 is 12.0 Å². The summed E-state index contributed by atoms with van der Waals surface area (Å²) in [6, 6.07) is 5.41. The summed E-state index contributed by atoms with van der Waals surface area (Å²) in [6.07, 6.45) is 2.29. The highest BCUT2D eigenvalue weighted by Crippen LogP contribution is 2.22. The average molecular weight is 327 g/mol. The number of anilines is 1. The molecule has 0 unspecified atom stereocenters. The normalized spacial score (nSPS) is 17.8. The van der Waals surface area contributed by atoms with Crippen LogP contribution in [-0.2, 0) is 16.0 Å². The maximum atomic E-state index is 12.2. The fourth-order valence-corrected chi connectivity index (χ4v) is 2.86. The number of aliphatic carboxylic acids is 1. The predicted octanol–water partition coefficient (Wildman–Crippen LogP) is 2.47. The van der Waals surface area contributed by atoms with Gasteiger partial charge in [0.2, 0.25) is 5.91 Å². The highest BCUT2D eigenvalue weighted by Gasteiger charge is 2.31. The standard InChI is InChI=1S/C16H22N2O3.ClH/c1-3-12-7-4-6-11(2)15(12)17-14(19)10-18-9-5-8-13(18)16(20)21;/h4,6-7,13H,3,5,8-10H2,1-2H3,(H,17,19)(H,20,21);1H/t13-;/m0./s1. The van der Waals surface area contributed by atoms with E-state index in [1.54, 1.807) is 4.90 Å². The second-order valence-electron chi connectivity index (χ2n) is 5.48. The maximum absolute atomic E-state index is 12.2. The molecule has 0 saturated carbocycles. The molecule has 1 amide bonds. The molecule has 0 bridgehead atoms. The summed E-state index contributed by atoms with van der Waals surface area (Å²) in [5, 5.41) is 12.1. The molecule has 1 aliphatic heterocycles. The van der Waals surface area contributed by atoms with Crippen molar-refractivity contribution >= 4 is 30.0 Å². The van der Waals surface area contributed by atoms with Gasteiger partial charge in [0.15, 0.2) is 0 Å².